The van der Waals surface area contributed by atoms with Crippen LogP contribution in [0.15, 0.2) is 150 Å². The maximum absolute atomic E-state index is 5.26. The van der Waals surface area contributed by atoms with Gasteiger partial charge in [-0.3, -0.25) is 0 Å². The van der Waals surface area contributed by atoms with Crippen molar-refractivity contribution in [2.75, 3.05) is 9.80 Å². The Morgan fingerprint density at radius 1 is 0.455 bits per heavy atom. The van der Waals surface area contributed by atoms with E-state index >= 15 is 0 Å². The number of anilines is 6. The fourth-order valence-corrected chi connectivity index (χ4v) is 9.71. The summed E-state index contributed by atoms with van der Waals surface area (Å²) in [4.78, 5) is 20.0. The number of benzene rings is 7. The molecule has 9 aromatic rings. The van der Waals surface area contributed by atoms with E-state index in [-0.39, 0.29) is 10.8 Å². The van der Waals surface area contributed by atoms with Gasteiger partial charge in [-0.05, 0) is 104 Å². The van der Waals surface area contributed by atoms with E-state index in [9.17, 15) is 0 Å². The number of rotatable bonds is 2. The van der Waals surface area contributed by atoms with Crippen molar-refractivity contribution in [1.29, 1.82) is 0 Å². The first kappa shape index (κ1) is 32.3. The first-order valence-corrected chi connectivity index (χ1v) is 19.6. The van der Waals surface area contributed by atoms with Crippen molar-refractivity contribution in [2.45, 2.75) is 38.5 Å². The van der Waals surface area contributed by atoms with E-state index in [0.717, 1.165) is 53.9 Å². The molecule has 0 N–H and O–H groups in total. The van der Waals surface area contributed by atoms with Gasteiger partial charge in [0.05, 0.1) is 33.8 Å². The van der Waals surface area contributed by atoms with Crippen LogP contribution in [0.25, 0.3) is 43.7 Å². The van der Waals surface area contributed by atoms with Gasteiger partial charge in [-0.2, -0.15) is 0 Å². The fourth-order valence-electron chi connectivity index (χ4n) is 9.39. The van der Waals surface area contributed by atoms with E-state index in [4.69, 9.17) is 9.97 Å². The quantitative estimate of drug-likeness (QED) is 0.129. The second-order valence-corrected chi connectivity index (χ2v) is 16.8. The molecule has 11 rings (SSSR count). The number of hydrogen-bond acceptors (Lipinski definition) is 5. The van der Waals surface area contributed by atoms with Crippen LogP contribution in [0.2, 0.25) is 0 Å². The second kappa shape index (κ2) is 11.5. The number of nitrogens with zero attached hydrogens (tertiary/aromatic N) is 5. The van der Waals surface area contributed by atoms with Crippen LogP contribution in [-0.4, -0.2) is 15.0 Å². The van der Waals surface area contributed by atoms with Crippen LogP contribution < -0.4 is 9.80 Å². The molecule has 0 fully saturated rings. The molecule has 2 aromatic heterocycles. The van der Waals surface area contributed by atoms with Gasteiger partial charge in [0.25, 0.3) is 0 Å². The predicted octanol–water partition coefficient (Wildman–Crippen LogP) is 13.5. The van der Waals surface area contributed by atoms with Crippen LogP contribution in [0.1, 0.15) is 49.9 Å². The lowest BCUT2D eigenvalue weighted by atomic mass is 9.73. The van der Waals surface area contributed by atoms with Gasteiger partial charge >= 0.3 is 0 Å². The smallest absolute Gasteiger partial charge is 0.178 e. The summed E-state index contributed by atoms with van der Waals surface area (Å²) >= 11 is 3.61. The van der Waals surface area contributed by atoms with Gasteiger partial charge in [0.1, 0.15) is 5.52 Å². The van der Waals surface area contributed by atoms with Gasteiger partial charge in [0.15, 0.2) is 5.65 Å². The van der Waals surface area contributed by atoms with E-state index < -0.39 is 0 Å². The molecule has 5 nitrogen and oxygen atoms in total. The molecule has 6 heteroatoms. The monoisotopic (exact) mass is 773 g/mol. The summed E-state index contributed by atoms with van der Waals surface area (Å²) in [7, 11) is 0. The van der Waals surface area contributed by atoms with Crippen molar-refractivity contribution in [3.63, 3.8) is 0 Å². The fraction of sp³-hybridized carbons (Fsp3) is 0.122. The van der Waals surface area contributed by atoms with Gasteiger partial charge in [-0.25, -0.2) is 15.0 Å². The van der Waals surface area contributed by atoms with Gasteiger partial charge in [-0.1, -0.05) is 113 Å². The highest BCUT2D eigenvalue weighted by Crippen LogP contribution is 2.54. The van der Waals surface area contributed by atoms with Gasteiger partial charge in [0.2, 0.25) is 0 Å². The van der Waals surface area contributed by atoms with Crippen LogP contribution in [0.5, 0.6) is 0 Å². The normalized spacial score (nSPS) is 15.2. The van der Waals surface area contributed by atoms with E-state index in [0.29, 0.717) is 5.65 Å². The Balaban J connectivity index is 1.23. The minimum Gasteiger partial charge on any atom is -0.310 e. The van der Waals surface area contributed by atoms with Gasteiger partial charge < -0.3 is 9.80 Å². The van der Waals surface area contributed by atoms with Crippen molar-refractivity contribution >= 4 is 93.8 Å². The van der Waals surface area contributed by atoms with Crippen molar-refractivity contribution in [3.8, 4) is 0 Å². The summed E-state index contributed by atoms with van der Waals surface area (Å²) in [5.74, 6) is 0. The zero-order valence-electron chi connectivity index (χ0n) is 31.0. The zero-order chi connectivity index (χ0) is 37.2. The Morgan fingerprint density at radius 2 is 0.855 bits per heavy atom. The number of aromatic nitrogens is 3. The topological polar surface area (TPSA) is 45.2 Å². The molecule has 2 aliphatic rings. The third-order valence-electron chi connectivity index (χ3n) is 12.1. The number of fused-ring (bicyclic) bond motifs is 11. The Labute approximate surface area is 328 Å². The zero-order valence-corrected chi connectivity index (χ0v) is 32.6. The van der Waals surface area contributed by atoms with Crippen LogP contribution in [0, 0.1) is 0 Å². The number of halogens is 1. The first-order chi connectivity index (χ1) is 26.7. The molecule has 4 heterocycles. The number of pyridine rings is 1. The molecular weight excluding hydrogens is 738 g/mol. The molecule has 55 heavy (non-hydrogen) atoms. The average molecular weight is 775 g/mol. The standard InChI is InChI=1S/C49H36BrN5/c1-48(2)36-13-5-9-17-41(36)54(42-18-10-6-14-37(42)48)30-21-23-32-34(26-30)35-27-31(22-24-33(35)46-45(32)52-40-25-29(50)28-51-47(40)53-46)55-43-19-11-7-15-38(43)49(3,4)39-16-8-12-20-44(39)55/h5-28H,1-4H3. The molecule has 0 radical (unpaired) electrons. The summed E-state index contributed by atoms with van der Waals surface area (Å²) in [5, 5.41) is 4.34. The molecule has 2 aliphatic heterocycles. The van der Waals surface area contributed by atoms with E-state index in [2.05, 4.69) is 192 Å². The highest BCUT2D eigenvalue weighted by molar-refractivity contribution is 9.10. The van der Waals surface area contributed by atoms with Crippen LogP contribution >= 0.6 is 15.9 Å². The van der Waals surface area contributed by atoms with Crippen molar-refractivity contribution in [3.05, 3.63) is 172 Å². The Hall–Kier alpha value is -6.11. The third-order valence-corrected chi connectivity index (χ3v) is 12.5. The molecule has 0 saturated carbocycles. The molecule has 0 unspecified atom stereocenters. The third kappa shape index (κ3) is 4.55. The molecule has 0 atom stereocenters. The first-order valence-electron chi connectivity index (χ1n) is 18.8. The SMILES string of the molecule is CC1(C)c2ccccc2N(c2ccc3c(c2)c2cc(N4c5ccccc5C(C)(C)c5ccccc54)ccc2c2nc4ncc(Br)cc4nc32)c2ccccc21. The molecule has 0 spiro atoms. The van der Waals surface area contributed by atoms with Crippen molar-refractivity contribution in [2.24, 2.45) is 0 Å². The number of hydrogen-bond donors (Lipinski definition) is 0. The highest BCUT2D eigenvalue weighted by Gasteiger charge is 2.38. The maximum Gasteiger partial charge on any atom is 0.178 e. The highest BCUT2D eigenvalue weighted by atomic mass is 79.9. The summed E-state index contributed by atoms with van der Waals surface area (Å²) in [5.41, 5.74) is 15.0. The van der Waals surface area contributed by atoms with E-state index in [1.54, 1.807) is 6.20 Å². The lowest BCUT2D eigenvalue weighted by molar-refractivity contribution is 0.632. The van der Waals surface area contributed by atoms with Crippen LogP contribution in [-0.2, 0) is 10.8 Å². The molecule has 0 amide bonds. The Kier molecular flexibility index (Phi) is 6.73. The lowest BCUT2D eigenvalue weighted by Gasteiger charge is -2.42. The summed E-state index contributed by atoms with van der Waals surface area (Å²) in [6.07, 6.45) is 1.79. The molecule has 7 aromatic carbocycles. The summed E-state index contributed by atoms with van der Waals surface area (Å²) in [6, 6.07) is 51.0. The molecule has 264 valence electrons. The van der Waals surface area contributed by atoms with Gasteiger partial charge in [0, 0.05) is 43.6 Å². The average Bonchev–Trinajstić information content (AvgIpc) is 3.20. The van der Waals surface area contributed by atoms with Crippen LogP contribution in [0.3, 0.4) is 0 Å². The minimum absolute atomic E-state index is 0.146. The molecular formula is C49H36BrN5. The second-order valence-electron chi connectivity index (χ2n) is 15.9. The molecule has 0 bridgehead atoms. The Morgan fingerprint density at radius 3 is 1.29 bits per heavy atom. The summed E-state index contributed by atoms with van der Waals surface area (Å²) < 4.78 is 0.876. The van der Waals surface area contributed by atoms with Gasteiger partial charge in [-0.15, -0.1) is 0 Å². The van der Waals surface area contributed by atoms with E-state index in [1.807, 2.05) is 6.07 Å². The minimum atomic E-state index is -0.146. The predicted molar refractivity (Wildman–Crippen MR) is 231 cm³/mol. The van der Waals surface area contributed by atoms with Crippen LogP contribution in [0.4, 0.5) is 34.1 Å². The van der Waals surface area contributed by atoms with E-state index in [1.165, 1.54) is 45.0 Å². The molecule has 0 aliphatic carbocycles. The Bertz CT molecular complexity index is 2990. The number of para-hydroxylation sites is 4. The summed E-state index contributed by atoms with van der Waals surface area (Å²) in [6.45, 7) is 9.32. The maximum atomic E-state index is 5.26. The van der Waals surface area contributed by atoms with Crippen molar-refractivity contribution in [1.82, 2.24) is 15.0 Å². The van der Waals surface area contributed by atoms with Crippen molar-refractivity contribution < 1.29 is 0 Å². The lowest BCUT2D eigenvalue weighted by Crippen LogP contribution is -2.30. The molecule has 0 saturated heterocycles. The largest absolute Gasteiger partial charge is 0.310 e.